The number of hydrogen-bond donors (Lipinski definition) is 2. The number of carbonyl (C=O) groups excluding carboxylic acids is 2. The van der Waals surface area contributed by atoms with Gasteiger partial charge < -0.3 is 20.4 Å². The minimum absolute atomic E-state index is 0.0733. The van der Waals surface area contributed by atoms with Gasteiger partial charge in [0.05, 0.1) is 6.04 Å². The Morgan fingerprint density at radius 3 is 2.48 bits per heavy atom. The van der Waals surface area contributed by atoms with Crippen molar-refractivity contribution in [3.63, 3.8) is 0 Å². The van der Waals surface area contributed by atoms with Crippen molar-refractivity contribution in [2.45, 2.75) is 32.2 Å². The molecule has 2 N–H and O–H groups in total. The first kappa shape index (κ1) is 21.6. The van der Waals surface area contributed by atoms with Gasteiger partial charge in [-0.3, -0.25) is 14.5 Å². The maximum absolute atomic E-state index is 12.2. The average Bonchev–Trinajstić information content (AvgIpc) is 2.73. The van der Waals surface area contributed by atoms with Crippen LogP contribution in [-0.4, -0.2) is 81.5 Å². The summed E-state index contributed by atoms with van der Waals surface area (Å²) in [4.78, 5) is 31.3. The van der Waals surface area contributed by atoms with Gasteiger partial charge in [0.2, 0.25) is 0 Å². The lowest BCUT2D eigenvalue weighted by molar-refractivity contribution is -0.139. The Hall–Kier alpha value is -2.12. The molecule has 7 heteroatoms. The average molecular weight is 402 g/mol. The Labute approximate surface area is 174 Å². The normalized spacial score (nSPS) is 18.8. The largest absolute Gasteiger partial charge is 0.374 e. The molecule has 0 unspecified atom stereocenters. The van der Waals surface area contributed by atoms with Crippen LogP contribution in [0.5, 0.6) is 0 Å². The van der Waals surface area contributed by atoms with Crippen LogP contribution in [0.25, 0.3) is 0 Å². The van der Waals surface area contributed by atoms with E-state index in [-0.39, 0.29) is 6.04 Å². The molecule has 1 aromatic carbocycles. The molecule has 1 fully saturated rings. The second-order valence-electron chi connectivity index (χ2n) is 8.23. The number of aryl methyl sites for hydroxylation is 1. The highest BCUT2D eigenvalue weighted by molar-refractivity contribution is 6.35. The van der Waals surface area contributed by atoms with Crippen LogP contribution in [0.3, 0.4) is 0 Å². The van der Waals surface area contributed by atoms with Gasteiger partial charge in [-0.05, 0) is 43.5 Å². The maximum Gasteiger partial charge on any atom is 0.309 e. The molecule has 2 heterocycles. The van der Waals surface area contributed by atoms with Crippen molar-refractivity contribution in [2.24, 2.45) is 0 Å². The molecule has 2 aliphatic rings. The fraction of sp³-hybridized carbons (Fsp3) is 0.636. The number of piperazine rings is 1. The van der Waals surface area contributed by atoms with Crippen LogP contribution in [0.4, 0.5) is 5.69 Å². The number of hydrogen-bond acceptors (Lipinski definition) is 5. The summed E-state index contributed by atoms with van der Waals surface area (Å²) < 4.78 is 0. The molecule has 1 atom stereocenters. The third-order valence-electron chi connectivity index (χ3n) is 6.02. The summed E-state index contributed by atoms with van der Waals surface area (Å²) in [5.74, 6) is -1.09. The van der Waals surface area contributed by atoms with E-state index in [4.69, 9.17) is 0 Å². The van der Waals surface area contributed by atoms with Gasteiger partial charge in [0, 0.05) is 58.5 Å². The van der Waals surface area contributed by atoms with Crippen LogP contribution < -0.4 is 15.5 Å². The summed E-state index contributed by atoms with van der Waals surface area (Å²) in [6, 6.07) is 6.77. The molecule has 2 aliphatic heterocycles. The van der Waals surface area contributed by atoms with Crippen LogP contribution in [-0.2, 0) is 16.0 Å². The Morgan fingerprint density at radius 2 is 1.76 bits per heavy atom. The molecular formula is C22H35N5O2. The highest BCUT2D eigenvalue weighted by atomic mass is 16.2. The minimum atomic E-state index is -0.546. The van der Waals surface area contributed by atoms with Gasteiger partial charge in [-0.2, -0.15) is 0 Å². The third kappa shape index (κ3) is 5.48. The van der Waals surface area contributed by atoms with Crippen molar-refractivity contribution in [1.82, 2.24) is 20.4 Å². The zero-order valence-corrected chi connectivity index (χ0v) is 18.0. The van der Waals surface area contributed by atoms with E-state index in [0.717, 1.165) is 45.6 Å². The Balaban J connectivity index is 1.75. The summed E-state index contributed by atoms with van der Waals surface area (Å²) in [5, 5.41) is 5.52. The molecule has 0 aromatic heterocycles. The highest BCUT2D eigenvalue weighted by Crippen LogP contribution is 2.31. The van der Waals surface area contributed by atoms with Gasteiger partial charge in [-0.25, -0.2) is 0 Å². The van der Waals surface area contributed by atoms with E-state index in [0.29, 0.717) is 13.1 Å². The zero-order valence-electron chi connectivity index (χ0n) is 18.0. The van der Waals surface area contributed by atoms with Gasteiger partial charge in [-0.1, -0.05) is 19.1 Å². The number of nitrogens with one attached hydrogen (secondary N) is 2. The molecule has 1 saturated heterocycles. The smallest absolute Gasteiger partial charge is 0.309 e. The number of rotatable bonds is 6. The van der Waals surface area contributed by atoms with Crippen molar-refractivity contribution < 1.29 is 9.59 Å². The van der Waals surface area contributed by atoms with Gasteiger partial charge in [0.25, 0.3) is 0 Å². The monoisotopic (exact) mass is 401 g/mol. The Morgan fingerprint density at radius 1 is 1.03 bits per heavy atom. The van der Waals surface area contributed by atoms with Gasteiger partial charge >= 0.3 is 11.8 Å². The lowest BCUT2D eigenvalue weighted by Gasteiger charge is -2.39. The molecule has 160 valence electrons. The van der Waals surface area contributed by atoms with Crippen molar-refractivity contribution in [3.05, 3.63) is 29.3 Å². The molecular weight excluding hydrogens is 366 g/mol. The van der Waals surface area contributed by atoms with E-state index in [1.165, 1.54) is 23.2 Å². The molecule has 0 radical (unpaired) electrons. The summed E-state index contributed by atoms with van der Waals surface area (Å²) >= 11 is 0. The predicted molar refractivity (Wildman–Crippen MR) is 116 cm³/mol. The Kier molecular flexibility index (Phi) is 7.50. The summed E-state index contributed by atoms with van der Waals surface area (Å²) in [7, 11) is 4.28. The van der Waals surface area contributed by atoms with Crippen LogP contribution >= 0.6 is 0 Å². The van der Waals surface area contributed by atoms with Crippen LogP contribution in [0.15, 0.2) is 18.2 Å². The molecule has 2 amide bonds. The Bertz CT molecular complexity index is 715. The number of likely N-dealkylation sites (N-methyl/N-ethyl adjacent to an activating group) is 1. The molecule has 0 saturated carbocycles. The number of fused-ring (bicyclic) bond motifs is 1. The van der Waals surface area contributed by atoms with E-state index in [2.05, 4.69) is 57.6 Å². The second-order valence-corrected chi connectivity index (χ2v) is 8.23. The fourth-order valence-electron chi connectivity index (χ4n) is 4.19. The van der Waals surface area contributed by atoms with Crippen LogP contribution in [0.1, 0.15) is 36.9 Å². The molecule has 29 heavy (non-hydrogen) atoms. The van der Waals surface area contributed by atoms with E-state index in [1.54, 1.807) is 0 Å². The topological polar surface area (TPSA) is 67.9 Å². The van der Waals surface area contributed by atoms with Crippen molar-refractivity contribution >= 4 is 17.5 Å². The number of benzene rings is 1. The number of carbonyl (C=O) groups is 2. The van der Waals surface area contributed by atoms with Crippen molar-refractivity contribution in [1.29, 1.82) is 0 Å². The SMILES string of the molecule is CCCNC(=O)C(=O)NC[C@H](c1ccc2c(c1)CCCN2C)N1CCN(C)CC1. The molecule has 1 aromatic rings. The van der Waals surface area contributed by atoms with E-state index in [9.17, 15) is 9.59 Å². The van der Waals surface area contributed by atoms with Crippen molar-refractivity contribution in [2.75, 3.05) is 64.8 Å². The van der Waals surface area contributed by atoms with E-state index in [1.807, 2.05) is 6.92 Å². The van der Waals surface area contributed by atoms with Gasteiger partial charge in [0.15, 0.2) is 0 Å². The summed E-state index contributed by atoms with van der Waals surface area (Å²) in [6.07, 6.45) is 3.07. The van der Waals surface area contributed by atoms with Gasteiger partial charge in [-0.15, -0.1) is 0 Å². The molecule has 3 rings (SSSR count). The van der Waals surface area contributed by atoms with Gasteiger partial charge in [0.1, 0.15) is 0 Å². The number of anilines is 1. The van der Waals surface area contributed by atoms with E-state index >= 15 is 0 Å². The molecule has 0 bridgehead atoms. The lowest BCUT2D eigenvalue weighted by Crippen LogP contribution is -2.49. The quantitative estimate of drug-likeness (QED) is 0.696. The van der Waals surface area contributed by atoms with Crippen molar-refractivity contribution in [3.8, 4) is 0 Å². The summed E-state index contributed by atoms with van der Waals surface area (Å²) in [6.45, 7) is 7.95. The highest BCUT2D eigenvalue weighted by Gasteiger charge is 2.26. The number of nitrogens with zero attached hydrogens (tertiary/aromatic N) is 3. The first-order valence-electron chi connectivity index (χ1n) is 10.8. The molecule has 7 nitrogen and oxygen atoms in total. The summed E-state index contributed by atoms with van der Waals surface area (Å²) in [5.41, 5.74) is 3.90. The lowest BCUT2D eigenvalue weighted by atomic mass is 9.95. The second kappa shape index (κ2) is 10.1. The zero-order chi connectivity index (χ0) is 20.8. The fourth-order valence-corrected chi connectivity index (χ4v) is 4.19. The predicted octanol–water partition coefficient (Wildman–Crippen LogP) is 1.000. The molecule has 0 spiro atoms. The minimum Gasteiger partial charge on any atom is -0.374 e. The first-order chi connectivity index (χ1) is 14.0. The third-order valence-corrected chi connectivity index (χ3v) is 6.02. The van der Waals surface area contributed by atoms with E-state index < -0.39 is 11.8 Å². The first-order valence-corrected chi connectivity index (χ1v) is 10.8. The van der Waals surface area contributed by atoms with Crippen LogP contribution in [0, 0.1) is 0 Å². The molecule has 0 aliphatic carbocycles. The maximum atomic E-state index is 12.2. The standard InChI is InChI=1S/C22H35N5O2/c1-4-9-23-21(28)22(29)24-16-20(27-13-11-25(2)12-14-27)18-7-8-19-17(15-18)6-5-10-26(19)3/h7-8,15,20H,4-6,9-14,16H2,1-3H3,(H,23,28)(H,24,29)/t20-/m1/s1. The van der Waals surface area contributed by atoms with Crippen LogP contribution in [0.2, 0.25) is 0 Å². The number of amides is 2.